The maximum Gasteiger partial charge on any atom is 0.251 e. The third-order valence-corrected chi connectivity index (χ3v) is 5.62. The van der Waals surface area contributed by atoms with Crippen molar-refractivity contribution in [2.75, 3.05) is 43.5 Å². The highest BCUT2D eigenvalue weighted by Crippen LogP contribution is 2.16. The summed E-state index contributed by atoms with van der Waals surface area (Å²) in [5.41, 5.74) is 1.99. The van der Waals surface area contributed by atoms with E-state index in [-0.39, 0.29) is 24.5 Å². The largest absolute Gasteiger partial charge is 0.490 e. The van der Waals surface area contributed by atoms with E-state index < -0.39 is 0 Å². The number of amides is 2. The van der Waals surface area contributed by atoms with Crippen LogP contribution in [0.15, 0.2) is 78.9 Å². The molecule has 0 spiro atoms. The monoisotopic (exact) mass is 489 g/mol. The third kappa shape index (κ3) is 8.02. The summed E-state index contributed by atoms with van der Waals surface area (Å²) in [7, 11) is 0. The molecule has 1 aliphatic rings. The summed E-state index contributed by atoms with van der Waals surface area (Å²) < 4.78 is 16.8. The summed E-state index contributed by atoms with van der Waals surface area (Å²) >= 11 is 0. The summed E-state index contributed by atoms with van der Waals surface area (Å²) in [6.45, 7) is 2.24. The minimum atomic E-state index is -0.182. The van der Waals surface area contributed by atoms with Crippen LogP contribution in [0.25, 0.3) is 0 Å². The fourth-order valence-corrected chi connectivity index (χ4v) is 3.71. The summed E-state index contributed by atoms with van der Waals surface area (Å²) in [4.78, 5) is 24.6. The van der Waals surface area contributed by atoms with Gasteiger partial charge in [0, 0.05) is 30.1 Å². The molecule has 1 heterocycles. The number of hydrogen-bond acceptors (Lipinski definition) is 6. The molecular formula is C28H31N3O5. The van der Waals surface area contributed by atoms with Crippen molar-refractivity contribution in [2.45, 2.75) is 18.9 Å². The SMILES string of the molecule is O=C(CNc1ccc(C(=O)NCC2CCCO2)cc1)Nc1ccc(OCCOc2ccccc2)cc1. The van der Waals surface area contributed by atoms with E-state index in [1.807, 2.05) is 30.3 Å². The highest BCUT2D eigenvalue weighted by molar-refractivity contribution is 5.95. The van der Waals surface area contributed by atoms with Gasteiger partial charge in [0.1, 0.15) is 24.7 Å². The standard InChI is InChI=1S/C28H31N3O5/c32-27(20-29-22-10-8-21(9-11-22)28(33)30-19-26-7-4-16-34-26)31-23-12-14-25(15-13-23)36-18-17-35-24-5-2-1-3-6-24/h1-3,5-6,8-15,26,29H,4,7,16-20H2,(H,30,33)(H,31,32). The second kappa shape index (κ2) is 13.2. The van der Waals surface area contributed by atoms with E-state index in [2.05, 4.69) is 16.0 Å². The Balaban J connectivity index is 1.13. The first-order chi connectivity index (χ1) is 17.7. The lowest BCUT2D eigenvalue weighted by molar-refractivity contribution is -0.114. The van der Waals surface area contributed by atoms with Crippen LogP contribution in [0.1, 0.15) is 23.2 Å². The Labute approximate surface area is 211 Å². The van der Waals surface area contributed by atoms with E-state index in [0.29, 0.717) is 36.8 Å². The van der Waals surface area contributed by atoms with Crippen LogP contribution in [0.3, 0.4) is 0 Å². The van der Waals surface area contributed by atoms with Crippen LogP contribution in [-0.4, -0.2) is 50.8 Å². The number of anilines is 2. The average molecular weight is 490 g/mol. The lowest BCUT2D eigenvalue weighted by atomic mass is 10.2. The van der Waals surface area contributed by atoms with Crippen molar-refractivity contribution in [3.05, 3.63) is 84.4 Å². The molecule has 1 atom stereocenters. The van der Waals surface area contributed by atoms with Crippen LogP contribution >= 0.6 is 0 Å². The van der Waals surface area contributed by atoms with E-state index in [9.17, 15) is 9.59 Å². The Morgan fingerprint density at radius 2 is 1.50 bits per heavy atom. The molecule has 0 aliphatic carbocycles. The summed E-state index contributed by atoms with van der Waals surface area (Å²) in [6.07, 6.45) is 2.13. The van der Waals surface area contributed by atoms with Crippen LogP contribution in [0, 0.1) is 0 Å². The number of carbonyl (C=O) groups is 2. The second-order valence-corrected chi connectivity index (χ2v) is 8.36. The number of rotatable bonds is 12. The van der Waals surface area contributed by atoms with Crippen molar-refractivity contribution in [1.29, 1.82) is 0 Å². The molecule has 1 fully saturated rings. The van der Waals surface area contributed by atoms with Crippen LogP contribution < -0.4 is 25.4 Å². The molecule has 1 aliphatic heterocycles. The maximum atomic E-state index is 12.3. The summed E-state index contributed by atoms with van der Waals surface area (Å²) in [5.74, 6) is 1.19. The molecule has 1 saturated heterocycles. The van der Waals surface area contributed by atoms with Gasteiger partial charge < -0.3 is 30.2 Å². The van der Waals surface area contributed by atoms with Gasteiger partial charge in [-0.3, -0.25) is 9.59 Å². The molecule has 0 saturated carbocycles. The molecule has 3 aromatic carbocycles. The van der Waals surface area contributed by atoms with E-state index in [1.165, 1.54) is 0 Å². The molecule has 4 rings (SSSR count). The lowest BCUT2D eigenvalue weighted by Crippen LogP contribution is -2.31. The predicted octanol–water partition coefficient (Wildman–Crippen LogP) is 4.10. The van der Waals surface area contributed by atoms with Crippen molar-refractivity contribution in [1.82, 2.24) is 5.32 Å². The van der Waals surface area contributed by atoms with Crippen molar-refractivity contribution >= 4 is 23.2 Å². The molecule has 8 heteroatoms. The normalized spacial score (nSPS) is 14.6. The van der Waals surface area contributed by atoms with Crippen molar-refractivity contribution in [2.24, 2.45) is 0 Å². The highest BCUT2D eigenvalue weighted by Gasteiger charge is 2.16. The van der Waals surface area contributed by atoms with Gasteiger partial charge in [-0.25, -0.2) is 0 Å². The van der Waals surface area contributed by atoms with E-state index in [0.717, 1.165) is 30.9 Å². The number of hydrogen-bond donors (Lipinski definition) is 3. The summed E-state index contributed by atoms with van der Waals surface area (Å²) in [5, 5.41) is 8.81. The van der Waals surface area contributed by atoms with Gasteiger partial charge in [0.15, 0.2) is 0 Å². The predicted molar refractivity (Wildman–Crippen MR) is 139 cm³/mol. The van der Waals surface area contributed by atoms with Gasteiger partial charge in [-0.1, -0.05) is 18.2 Å². The van der Waals surface area contributed by atoms with Gasteiger partial charge in [-0.05, 0) is 73.5 Å². The Morgan fingerprint density at radius 3 is 2.17 bits per heavy atom. The number of benzene rings is 3. The van der Waals surface area contributed by atoms with E-state index >= 15 is 0 Å². The van der Waals surface area contributed by atoms with E-state index in [1.54, 1.807) is 48.5 Å². The van der Waals surface area contributed by atoms with Crippen molar-refractivity contribution in [3.8, 4) is 11.5 Å². The summed E-state index contributed by atoms with van der Waals surface area (Å²) in [6, 6.07) is 23.8. The van der Waals surface area contributed by atoms with E-state index in [4.69, 9.17) is 14.2 Å². The Morgan fingerprint density at radius 1 is 0.833 bits per heavy atom. The molecule has 188 valence electrons. The minimum absolute atomic E-state index is 0.0969. The first-order valence-corrected chi connectivity index (χ1v) is 12.1. The molecule has 3 aromatic rings. The zero-order chi connectivity index (χ0) is 25.0. The second-order valence-electron chi connectivity index (χ2n) is 8.36. The topological polar surface area (TPSA) is 97.9 Å². The molecule has 8 nitrogen and oxygen atoms in total. The molecule has 0 bridgehead atoms. The first-order valence-electron chi connectivity index (χ1n) is 12.1. The Bertz CT molecular complexity index is 1100. The third-order valence-electron chi connectivity index (χ3n) is 5.62. The Hall–Kier alpha value is -4.04. The fraction of sp³-hybridized carbons (Fsp3) is 0.286. The molecule has 0 radical (unpaired) electrons. The zero-order valence-corrected chi connectivity index (χ0v) is 20.1. The van der Waals surface area contributed by atoms with Crippen LogP contribution in [-0.2, 0) is 9.53 Å². The van der Waals surface area contributed by atoms with Gasteiger partial charge in [0.05, 0.1) is 12.6 Å². The van der Waals surface area contributed by atoms with Gasteiger partial charge >= 0.3 is 0 Å². The van der Waals surface area contributed by atoms with Crippen LogP contribution in [0.2, 0.25) is 0 Å². The van der Waals surface area contributed by atoms with Crippen LogP contribution in [0.4, 0.5) is 11.4 Å². The number of para-hydroxylation sites is 1. The molecule has 36 heavy (non-hydrogen) atoms. The molecular weight excluding hydrogens is 458 g/mol. The molecule has 0 aromatic heterocycles. The molecule has 1 unspecified atom stereocenters. The van der Waals surface area contributed by atoms with Crippen molar-refractivity contribution in [3.63, 3.8) is 0 Å². The number of carbonyl (C=O) groups excluding carboxylic acids is 2. The van der Waals surface area contributed by atoms with Crippen LogP contribution in [0.5, 0.6) is 11.5 Å². The van der Waals surface area contributed by atoms with Crippen molar-refractivity contribution < 1.29 is 23.8 Å². The highest BCUT2D eigenvalue weighted by atomic mass is 16.5. The Kier molecular flexibility index (Phi) is 9.16. The van der Waals surface area contributed by atoms with Gasteiger partial charge in [-0.15, -0.1) is 0 Å². The van der Waals surface area contributed by atoms with Gasteiger partial charge in [0.2, 0.25) is 5.91 Å². The zero-order valence-electron chi connectivity index (χ0n) is 20.1. The molecule has 3 N–H and O–H groups in total. The lowest BCUT2D eigenvalue weighted by Gasteiger charge is -2.12. The number of ether oxygens (including phenoxy) is 3. The number of nitrogens with one attached hydrogen (secondary N) is 3. The smallest absolute Gasteiger partial charge is 0.251 e. The maximum absolute atomic E-state index is 12.3. The van der Waals surface area contributed by atoms with Gasteiger partial charge in [0.25, 0.3) is 5.91 Å². The minimum Gasteiger partial charge on any atom is -0.490 e. The first kappa shape index (κ1) is 25.1. The average Bonchev–Trinajstić information content (AvgIpc) is 3.44. The molecule has 2 amide bonds. The van der Waals surface area contributed by atoms with Gasteiger partial charge in [-0.2, -0.15) is 0 Å². The quantitative estimate of drug-likeness (QED) is 0.332. The fourth-order valence-electron chi connectivity index (χ4n) is 3.71.